The van der Waals surface area contributed by atoms with Crippen LogP contribution in [0.5, 0.6) is 5.75 Å². The van der Waals surface area contributed by atoms with Crippen molar-refractivity contribution in [2.24, 2.45) is 4.99 Å². The quantitative estimate of drug-likeness (QED) is 0.587. The fourth-order valence-corrected chi connectivity index (χ4v) is 3.62. The Morgan fingerprint density at radius 2 is 2.22 bits per heavy atom. The maximum absolute atomic E-state index is 10.4. The van der Waals surface area contributed by atoms with Gasteiger partial charge in [0.1, 0.15) is 12.4 Å². The number of nitrogens with one attached hydrogen (secondary N) is 1. The van der Waals surface area contributed by atoms with Gasteiger partial charge in [-0.25, -0.2) is 0 Å². The van der Waals surface area contributed by atoms with Gasteiger partial charge in [0.25, 0.3) is 0 Å². The van der Waals surface area contributed by atoms with E-state index in [9.17, 15) is 5.11 Å². The third-order valence-corrected chi connectivity index (χ3v) is 4.97. The van der Waals surface area contributed by atoms with E-state index in [0.717, 1.165) is 42.7 Å². The molecule has 1 aliphatic rings. The lowest BCUT2D eigenvalue weighted by Crippen LogP contribution is -2.42. The van der Waals surface area contributed by atoms with Crippen LogP contribution in [-0.4, -0.2) is 66.4 Å². The summed E-state index contributed by atoms with van der Waals surface area (Å²) < 4.78 is 5.73. The first-order valence-electron chi connectivity index (χ1n) is 8.10. The topological polar surface area (TPSA) is 57.1 Å². The van der Waals surface area contributed by atoms with Gasteiger partial charge in [0.15, 0.2) is 5.96 Å². The minimum absolute atomic E-state index is 0.451. The number of hydrogen-bond acceptors (Lipinski definition) is 4. The molecule has 0 saturated carbocycles. The number of benzene rings is 1. The number of para-hydroxylation sites is 1. The van der Waals surface area contributed by atoms with Crippen LogP contribution in [-0.2, 0) is 0 Å². The van der Waals surface area contributed by atoms with Crippen molar-refractivity contribution in [3.63, 3.8) is 0 Å². The number of ether oxygens (including phenoxy) is 1. The van der Waals surface area contributed by atoms with Gasteiger partial charge in [-0.2, -0.15) is 11.8 Å². The Morgan fingerprint density at radius 1 is 1.43 bits per heavy atom. The van der Waals surface area contributed by atoms with Crippen LogP contribution in [0.3, 0.4) is 0 Å². The van der Waals surface area contributed by atoms with Gasteiger partial charge in [-0.05, 0) is 31.2 Å². The van der Waals surface area contributed by atoms with Crippen LogP contribution < -0.4 is 10.1 Å². The van der Waals surface area contributed by atoms with Gasteiger partial charge in [-0.15, -0.1) is 0 Å². The van der Waals surface area contributed by atoms with Crippen molar-refractivity contribution in [2.45, 2.75) is 18.9 Å². The third-order valence-electron chi connectivity index (χ3n) is 3.74. The number of rotatable bonds is 7. The van der Waals surface area contributed by atoms with Gasteiger partial charge in [-0.1, -0.05) is 18.2 Å². The van der Waals surface area contributed by atoms with E-state index in [4.69, 9.17) is 4.74 Å². The average molecular weight is 337 g/mol. The molecule has 1 aromatic rings. The van der Waals surface area contributed by atoms with E-state index in [1.54, 1.807) is 11.8 Å². The molecule has 2 rings (SSSR count). The van der Waals surface area contributed by atoms with E-state index >= 15 is 0 Å². The minimum atomic E-state index is -0.646. The van der Waals surface area contributed by atoms with Crippen molar-refractivity contribution in [1.29, 1.82) is 0 Å². The first kappa shape index (κ1) is 17.9. The maximum Gasteiger partial charge on any atom is 0.193 e. The van der Waals surface area contributed by atoms with Gasteiger partial charge in [0, 0.05) is 19.3 Å². The molecular formula is C17H27N3O2S. The van der Waals surface area contributed by atoms with Crippen LogP contribution in [0.2, 0.25) is 0 Å². The summed E-state index contributed by atoms with van der Waals surface area (Å²) >= 11 is 1.79. The second-order valence-corrected chi connectivity index (χ2v) is 6.89. The normalized spacial score (nSPS) is 21.3. The zero-order valence-electron chi connectivity index (χ0n) is 14.0. The van der Waals surface area contributed by atoms with Crippen molar-refractivity contribution in [3.8, 4) is 5.75 Å². The van der Waals surface area contributed by atoms with Crippen molar-refractivity contribution in [2.75, 3.05) is 44.8 Å². The zero-order chi connectivity index (χ0) is 16.5. The number of guanidine groups is 1. The Bertz CT molecular complexity index is 490. The van der Waals surface area contributed by atoms with Gasteiger partial charge < -0.3 is 20.1 Å². The molecule has 0 amide bonds. The molecule has 0 aliphatic carbocycles. The molecule has 6 heteroatoms. The molecule has 23 heavy (non-hydrogen) atoms. The molecule has 1 fully saturated rings. The van der Waals surface area contributed by atoms with E-state index in [2.05, 4.69) is 10.3 Å². The molecule has 0 aromatic heterocycles. The highest BCUT2D eigenvalue weighted by Gasteiger charge is 2.31. The molecule has 5 nitrogen and oxygen atoms in total. The number of thioether (sulfide) groups is 1. The molecule has 128 valence electrons. The summed E-state index contributed by atoms with van der Waals surface area (Å²) in [5.41, 5.74) is -0.646. The smallest absolute Gasteiger partial charge is 0.193 e. The number of aliphatic imine (C=N–C) groups is 1. The molecule has 1 aromatic carbocycles. The van der Waals surface area contributed by atoms with Gasteiger partial charge >= 0.3 is 0 Å². The molecule has 1 aliphatic heterocycles. The number of likely N-dealkylation sites (N-methyl/N-ethyl adjacent to an activating group) is 1. The highest BCUT2D eigenvalue weighted by molar-refractivity contribution is 7.99. The monoisotopic (exact) mass is 337 g/mol. The Labute approximate surface area is 143 Å². The minimum Gasteiger partial charge on any atom is -0.492 e. The third kappa shape index (κ3) is 5.95. The second kappa shape index (κ2) is 9.03. The molecule has 2 N–H and O–H groups in total. The number of aliphatic hydroxyl groups is 1. The van der Waals surface area contributed by atoms with Crippen LogP contribution in [0, 0.1) is 0 Å². The predicted octanol–water partition coefficient (Wildman–Crippen LogP) is 1.83. The van der Waals surface area contributed by atoms with Crippen molar-refractivity contribution >= 4 is 17.7 Å². The van der Waals surface area contributed by atoms with Crippen LogP contribution >= 0.6 is 11.8 Å². The summed E-state index contributed by atoms with van der Waals surface area (Å²) in [4.78, 5) is 6.64. The van der Waals surface area contributed by atoms with Crippen LogP contribution in [0.25, 0.3) is 0 Å². The molecular weight excluding hydrogens is 310 g/mol. The Morgan fingerprint density at radius 3 is 2.87 bits per heavy atom. The second-order valence-electron chi connectivity index (χ2n) is 5.78. The summed E-state index contributed by atoms with van der Waals surface area (Å²) in [6, 6.07) is 9.80. The van der Waals surface area contributed by atoms with Crippen molar-refractivity contribution in [3.05, 3.63) is 30.3 Å². The highest BCUT2D eigenvalue weighted by Crippen LogP contribution is 2.27. The van der Waals surface area contributed by atoms with Crippen molar-refractivity contribution in [1.82, 2.24) is 10.2 Å². The van der Waals surface area contributed by atoms with E-state index < -0.39 is 5.60 Å². The number of hydrogen-bond donors (Lipinski definition) is 2. The average Bonchev–Trinajstić information content (AvgIpc) is 2.99. The molecule has 0 bridgehead atoms. The summed E-state index contributed by atoms with van der Waals surface area (Å²) in [5.74, 6) is 3.48. The zero-order valence-corrected chi connectivity index (χ0v) is 14.8. The standard InChI is InChI=1S/C17H27N3O2S/c1-3-18-16(19-13-17(21)9-12-23-14-17)20(2)10-11-22-15-7-5-4-6-8-15/h4-8,21H,3,9-14H2,1-2H3,(H,18,19). The predicted molar refractivity (Wildman–Crippen MR) is 97.4 cm³/mol. The SMILES string of the molecule is CCNC(=NCC1(O)CCSC1)N(C)CCOc1ccccc1. The van der Waals surface area contributed by atoms with Gasteiger partial charge in [0.2, 0.25) is 0 Å². The molecule has 1 unspecified atom stereocenters. The van der Waals surface area contributed by atoms with E-state index in [1.807, 2.05) is 49.2 Å². The lowest BCUT2D eigenvalue weighted by atomic mass is 10.1. The fourth-order valence-electron chi connectivity index (χ4n) is 2.34. The summed E-state index contributed by atoms with van der Waals surface area (Å²) in [6.07, 6.45) is 0.821. The Kier molecular flexibility index (Phi) is 7.05. The molecule has 1 atom stereocenters. The van der Waals surface area contributed by atoms with Gasteiger partial charge in [-0.3, -0.25) is 4.99 Å². The first-order valence-corrected chi connectivity index (χ1v) is 9.26. The summed E-state index contributed by atoms with van der Waals surface area (Å²) in [5, 5.41) is 13.7. The van der Waals surface area contributed by atoms with E-state index in [0.29, 0.717) is 13.2 Å². The maximum atomic E-state index is 10.4. The molecule has 1 heterocycles. The highest BCUT2D eigenvalue weighted by atomic mass is 32.2. The largest absolute Gasteiger partial charge is 0.492 e. The Balaban J connectivity index is 1.83. The molecule has 0 radical (unpaired) electrons. The lowest BCUT2D eigenvalue weighted by molar-refractivity contribution is 0.0776. The van der Waals surface area contributed by atoms with Gasteiger partial charge in [0.05, 0.1) is 18.7 Å². The first-order chi connectivity index (χ1) is 11.1. The summed E-state index contributed by atoms with van der Waals surface area (Å²) in [7, 11) is 1.99. The number of nitrogens with zero attached hydrogens (tertiary/aromatic N) is 2. The summed E-state index contributed by atoms with van der Waals surface area (Å²) in [6.45, 7) is 4.62. The Hall–Kier alpha value is -1.40. The van der Waals surface area contributed by atoms with Crippen LogP contribution in [0.4, 0.5) is 0 Å². The van der Waals surface area contributed by atoms with Crippen molar-refractivity contribution < 1.29 is 9.84 Å². The van der Waals surface area contributed by atoms with Crippen LogP contribution in [0.1, 0.15) is 13.3 Å². The fraction of sp³-hybridized carbons (Fsp3) is 0.588. The van der Waals surface area contributed by atoms with Crippen LogP contribution in [0.15, 0.2) is 35.3 Å². The molecule has 1 saturated heterocycles. The molecule has 0 spiro atoms. The lowest BCUT2D eigenvalue weighted by Gasteiger charge is -2.24. The van der Waals surface area contributed by atoms with E-state index in [1.165, 1.54) is 0 Å². The van der Waals surface area contributed by atoms with E-state index in [-0.39, 0.29) is 0 Å².